The molecule has 3 nitrogen and oxygen atoms in total. The topological polar surface area (TPSA) is 47.3 Å². The third-order valence-corrected chi connectivity index (χ3v) is 3.01. The molecule has 2 rings (SSSR count). The van der Waals surface area contributed by atoms with Crippen molar-refractivity contribution in [2.45, 2.75) is 20.0 Å². The number of para-hydroxylation sites is 1. The van der Waals surface area contributed by atoms with E-state index in [0.717, 1.165) is 11.4 Å². The van der Waals surface area contributed by atoms with Crippen LogP contribution < -0.4 is 15.8 Å². The Morgan fingerprint density at radius 3 is 2.35 bits per heavy atom. The van der Waals surface area contributed by atoms with Crippen LogP contribution in [0.3, 0.4) is 0 Å². The second-order valence-electron chi connectivity index (χ2n) is 4.67. The lowest BCUT2D eigenvalue weighted by atomic mass is 10.2. The predicted molar refractivity (Wildman–Crippen MR) is 86.4 cm³/mol. The van der Waals surface area contributed by atoms with Crippen LogP contribution in [0.15, 0.2) is 36.4 Å². The molecule has 0 atom stereocenters. The van der Waals surface area contributed by atoms with Gasteiger partial charge in [0.15, 0.2) is 0 Å². The molecule has 0 bridgehead atoms. The molecule has 0 heterocycles. The van der Waals surface area contributed by atoms with Gasteiger partial charge in [0.05, 0.1) is 17.5 Å². The van der Waals surface area contributed by atoms with Gasteiger partial charge in [-0.15, -0.1) is 0 Å². The summed E-state index contributed by atoms with van der Waals surface area (Å²) in [7, 11) is 0. The summed E-state index contributed by atoms with van der Waals surface area (Å²) < 4.78 is 5.65. The summed E-state index contributed by atoms with van der Waals surface area (Å²) in [6.45, 7) is 3.91. The van der Waals surface area contributed by atoms with Gasteiger partial charge in [-0.2, -0.15) is 0 Å². The number of halogens is 2. The van der Waals surface area contributed by atoms with Gasteiger partial charge in [0.25, 0.3) is 0 Å². The van der Waals surface area contributed by atoms with Gasteiger partial charge in [-0.05, 0) is 44.2 Å². The summed E-state index contributed by atoms with van der Waals surface area (Å²) in [5.74, 6) is 0.651. The zero-order valence-corrected chi connectivity index (χ0v) is 12.8. The smallest absolute Gasteiger partial charge is 0.144 e. The van der Waals surface area contributed by atoms with Crippen LogP contribution in [0.2, 0.25) is 10.0 Å². The van der Waals surface area contributed by atoms with Crippen molar-refractivity contribution in [3.8, 4) is 5.75 Å². The van der Waals surface area contributed by atoms with Crippen LogP contribution in [-0.4, -0.2) is 6.10 Å². The van der Waals surface area contributed by atoms with Crippen LogP contribution in [0.5, 0.6) is 5.75 Å². The zero-order valence-electron chi connectivity index (χ0n) is 11.3. The first-order chi connectivity index (χ1) is 9.45. The number of hydrogen-bond donors (Lipinski definition) is 2. The van der Waals surface area contributed by atoms with Crippen molar-refractivity contribution in [2.75, 3.05) is 11.1 Å². The van der Waals surface area contributed by atoms with Gasteiger partial charge in [-0.25, -0.2) is 0 Å². The van der Waals surface area contributed by atoms with Gasteiger partial charge >= 0.3 is 0 Å². The largest absolute Gasteiger partial charge is 0.489 e. The predicted octanol–water partition coefficient (Wildman–Crippen LogP) is 5.11. The normalized spacial score (nSPS) is 10.7. The van der Waals surface area contributed by atoms with E-state index in [1.54, 1.807) is 18.2 Å². The van der Waals surface area contributed by atoms with E-state index in [4.69, 9.17) is 33.7 Å². The number of hydrogen-bond acceptors (Lipinski definition) is 3. The minimum absolute atomic E-state index is 0.0631. The molecule has 0 unspecified atom stereocenters. The Bertz CT molecular complexity index is 595. The van der Waals surface area contributed by atoms with Crippen molar-refractivity contribution in [2.24, 2.45) is 0 Å². The standard InChI is InChI=1S/C15H16Cl2N2O/c1-9(2)20-14-5-3-4-13(15(14)18)19-12-7-10(16)6-11(17)8-12/h3-9,19H,18H2,1-2H3. The average molecular weight is 311 g/mol. The van der Waals surface area contributed by atoms with E-state index in [-0.39, 0.29) is 6.10 Å². The maximum atomic E-state index is 6.10. The first-order valence-corrected chi connectivity index (χ1v) is 6.99. The minimum Gasteiger partial charge on any atom is -0.489 e. The highest BCUT2D eigenvalue weighted by molar-refractivity contribution is 6.35. The van der Waals surface area contributed by atoms with E-state index < -0.39 is 0 Å². The van der Waals surface area contributed by atoms with Crippen LogP contribution >= 0.6 is 23.2 Å². The molecule has 5 heteroatoms. The summed E-state index contributed by atoms with van der Waals surface area (Å²) in [5, 5.41) is 4.32. The number of benzene rings is 2. The van der Waals surface area contributed by atoms with E-state index in [1.165, 1.54) is 0 Å². The highest BCUT2D eigenvalue weighted by atomic mass is 35.5. The van der Waals surface area contributed by atoms with Gasteiger partial charge in [0, 0.05) is 15.7 Å². The van der Waals surface area contributed by atoms with E-state index in [1.807, 2.05) is 32.0 Å². The number of rotatable bonds is 4. The van der Waals surface area contributed by atoms with Crippen LogP contribution in [0.25, 0.3) is 0 Å². The number of nitrogens with two attached hydrogens (primary N) is 1. The second kappa shape index (κ2) is 6.25. The highest BCUT2D eigenvalue weighted by Crippen LogP contribution is 2.33. The van der Waals surface area contributed by atoms with Crippen LogP contribution in [0, 0.1) is 0 Å². The van der Waals surface area contributed by atoms with E-state index in [0.29, 0.717) is 21.5 Å². The van der Waals surface area contributed by atoms with Crippen LogP contribution in [0.1, 0.15) is 13.8 Å². The fourth-order valence-corrected chi connectivity index (χ4v) is 2.32. The third kappa shape index (κ3) is 3.71. The maximum absolute atomic E-state index is 6.10. The molecule has 0 radical (unpaired) electrons. The molecule has 20 heavy (non-hydrogen) atoms. The van der Waals surface area contributed by atoms with E-state index in [9.17, 15) is 0 Å². The van der Waals surface area contributed by atoms with Crippen molar-refractivity contribution in [1.29, 1.82) is 0 Å². The van der Waals surface area contributed by atoms with Gasteiger partial charge in [-0.3, -0.25) is 0 Å². The Hall–Kier alpha value is -1.58. The molecule has 0 saturated carbocycles. The SMILES string of the molecule is CC(C)Oc1cccc(Nc2cc(Cl)cc(Cl)c2)c1N. The molecule has 106 valence electrons. The summed E-state index contributed by atoms with van der Waals surface area (Å²) >= 11 is 12.0. The van der Waals surface area contributed by atoms with Crippen LogP contribution in [-0.2, 0) is 0 Å². The molecule has 0 aliphatic carbocycles. The number of nitrogens with one attached hydrogen (secondary N) is 1. The molecule has 0 aromatic heterocycles. The molecule has 2 aromatic rings. The van der Waals surface area contributed by atoms with Crippen molar-refractivity contribution >= 4 is 40.3 Å². The van der Waals surface area contributed by atoms with Gasteiger partial charge in [-0.1, -0.05) is 29.3 Å². The molecule has 0 aliphatic heterocycles. The minimum atomic E-state index is 0.0631. The second-order valence-corrected chi connectivity index (χ2v) is 5.54. The average Bonchev–Trinajstić information content (AvgIpc) is 2.32. The summed E-state index contributed by atoms with van der Waals surface area (Å²) in [6, 6.07) is 10.8. The number of nitrogen functional groups attached to an aromatic ring is 1. The molecule has 0 spiro atoms. The first-order valence-electron chi connectivity index (χ1n) is 6.24. The Labute approximate surface area is 128 Å². The van der Waals surface area contributed by atoms with E-state index in [2.05, 4.69) is 5.32 Å². The van der Waals surface area contributed by atoms with Gasteiger partial charge in [0.2, 0.25) is 0 Å². The van der Waals surface area contributed by atoms with Crippen molar-refractivity contribution < 1.29 is 4.74 Å². The summed E-state index contributed by atoms with van der Waals surface area (Å²) in [4.78, 5) is 0. The quantitative estimate of drug-likeness (QED) is 0.772. The third-order valence-electron chi connectivity index (χ3n) is 2.57. The van der Waals surface area contributed by atoms with Crippen molar-refractivity contribution in [3.05, 3.63) is 46.4 Å². The Kier molecular flexibility index (Phi) is 4.63. The lowest BCUT2D eigenvalue weighted by Crippen LogP contribution is -2.08. The summed E-state index contributed by atoms with van der Waals surface area (Å²) in [5.41, 5.74) is 8.18. The molecule has 0 fully saturated rings. The molecule has 0 aliphatic rings. The van der Waals surface area contributed by atoms with Crippen molar-refractivity contribution in [3.63, 3.8) is 0 Å². The molecule has 3 N–H and O–H groups in total. The van der Waals surface area contributed by atoms with Crippen LogP contribution in [0.4, 0.5) is 17.1 Å². The number of anilines is 3. The molecule has 0 saturated heterocycles. The molecular formula is C15H16Cl2N2O. The Morgan fingerprint density at radius 1 is 1.10 bits per heavy atom. The highest BCUT2D eigenvalue weighted by Gasteiger charge is 2.08. The lowest BCUT2D eigenvalue weighted by molar-refractivity contribution is 0.244. The first kappa shape index (κ1) is 14.8. The van der Waals surface area contributed by atoms with Crippen molar-refractivity contribution in [1.82, 2.24) is 0 Å². The molecular weight excluding hydrogens is 295 g/mol. The summed E-state index contributed by atoms with van der Waals surface area (Å²) in [6.07, 6.45) is 0.0631. The van der Waals surface area contributed by atoms with Gasteiger partial charge < -0.3 is 15.8 Å². The number of ether oxygens (including phenoxy) is 1. The van der Waals surface area contributed by atoms with Gasteiger partial charge in [0.1, 0.15) is 5.75 Å². The monoisotopic (exact) mass is 310 g/mol. The molecule has 2 aromatic carbocycles. The Morgan fingerprint density at radius 2 is 1.75 bits per heavy atom. The zero-order chi connectivity index (χ0) is 14.7. The Balaban J connectivity index is 2.29. The molecule has 0 amide bonds. The fourth-order valence-electron chi connectivity index (χ4n) is 1.79. The van der Waals surface area contributed by atoms with E-state index >= 15 is 0 Å². The maximum Gasteiger partial charge on any atom is 0.144 e. The fraction of sp³-hybridized carbons (Fsp3) is 0.200. The lowest BCUT2D eigenvalue weighted by Gasteiger charge is -2.16.